The molecule has 0 aliphatic rings. The van der Waals surface area contributed by atoms with Gasteiger partial charge in [0.2, 0.25) is 0 Å². The highest BCUT2D eigenvalue weighted by Crippen LogP contribution is 2.25. The third kappa shape index (κ3) is 4.43. The van der Waals surface area contributed by atoms with Crippen LogP contribution in [0.4, 0.5) is 0 Å². The number of nitrogens with zero attached hydrogens (tertiary/aromatic N) is 1. The Kier molecular flexibility index (Phi) is 5.27. The van der Waals surface area contributed by atoms with Gasteiger partial charge in [0.25, 0.3) is 0 Å². The van der Waals surface area contributed by atoms with Gasteiger partial charge in [-0.05, 0) is 36.0 Å². The minimum atomic E-state index is -0.319. The van der Waals surface area contributed by atoms with Crippen LogP contribution >= 0.6 is 0 Å². The Balaban J connectivity index is 2.45. The molecule has 0 bridgehead atoms. The number of fused-ring (bicyclic) bond motifs is 1. The average molecular weight is 317 g/mol. The van der Waals surface area contributed by atoms with Gasteiger partial charge in [0.05, 0.1) is 6.61 Å². The fourth-order valence-corrected chi connectivity index (χ4v) is 2.92. The van der Waals surface area contributed by atoms with Gasteiger partial charge in [0, 0.05) is 31.1 Å². The number of benzene rings is 1. The molecule has 1 aromatic carbocycles. The lowest BCUT2D eigenvalue weighted by Gasteiger charge is -2.29. The molecule has 1 N–H and O–H groups in total. The van der Waals surface area contributed by atoms with Crippen molar-refractivity contribution in [2.45, 2.75) is 41.2 Å². The topological polar surface area (TPSA) is 53.7 Å². The first kappa shape index (κ1) is 17.7. The molecular weight excluding hydrogens is 290 g/mol. The molecule has 1 heterocycles. The molecule has 0 atom stereocenters. The maximum Gasteiger partial charge on any atom is 0.336 e. The van der Waals surface area contributed by atoms with E-state index in [0.29, 0.717) is 18.7 Å². The zero-order valence-electron chi connectivity index (χ0n) is 14.8. The van der Waals surface area contributed by atoms with Crippen LogP contribution in [0.15, 0.2) is 27.4 Å². The smallest absolute Gasteiger partial charge is 0.336 e. The maximum absolute atomic E-state index is 12.0. The fraction of sp³-hybridized carbons (Fsp3) is 0.526. The Labute approximate surface area is 137 Å². The van der Waals surface area contributed by atoms with Gasteiger partial charge < -0.3 is 9.52 Å². The van der Waals surface area contributed by atoms with Gasteiger partial charge in [-0.1, -0.05) is 32.9 Å². The van der Waals surface area contributed by atoms with Gasteiger partial charge >= 0.3 is 5.63 Å². The van der Waals surface area contributed by atoms with Crippen LogP contribution in [0.5, 0.6) is 0 Å². The lowest BCUT2D eigenvalue weighted by molar-refractivity contribution is 0.146. The van der Waals surface area contributed by atoms with E-state index in [1.807, 2.05) is 19.9 Å². The van der Waals surface area contributed by atoms with Crippen molar-refractivity contribution in [3.05, 3.63) is 45.3 Å². The van der Waals surface area contributed by atoms with E-state index in [1.165, 1.54) is 0 Å². The minimum Gasteiger partial charge on any atom is -0.422 e. The van der Waals surface area contributed by atoms with Crippen LogP contribution in [0.2, 0.25) is 0 Å². The fourth-order valence-electron chi connectivity index (χ4n) is 2.92. The van der Waals surface area contributed by atoms with Crippen LogP contribution in [0, 0.1) is 19.3 Å². The van der Waals surface area contributed by atoms with Crippen molar-refractivity contribution in [3.63, 3.8) is 0 Å². The van der Waals surface area contributed by atoms with Gasteiger partial charge in [-0.2, -0.15) is 0 Å². The molecule has 0 spiro atoms. The number of hydrogen-bond donors (Lipinski definition) is 1. The van der Waals surface area contributed by atoms with Gasteiger partial charge in [-0.15, -0.1) is 0 Å². The molecule has 4 heteroatoms. The molecule has 2 rings (SSSR count). The van der Waals surface area contributed by atoms with Crippen LogP contribution in [-0.4, -0.2) is 29.7 Å². The van der Waals surface area contributed by atoms with Crippen LogP contribution in [0.3, 0.4) is 0 Å². The third-order valence-electron chi connectivity index (χ3n) is 4.03. The van der Waals surface area contributed by atoms with Crippen LogP contribution < -0.4 is 5.63 Å². The van der Waals surface area contributed by atoms with E-state index in [1.54, 1.807) is 6.07 Å². The predicted molar refractivity (Wildman–Crippen MR) is 93.8 cm³/mol. The second kappa shape index (κ2) is 6.85. The maximum atomic E-state index is 12.0. The Morgan fingerprint density at radius 1 is 1.22 bits per heavy atom. The van der Waals surface area contributed by atoms with E-state index in [-0.39, 0.29) is 17.6 Å². The monoisotopic (exact) mass is 317 g/mol. The summed E-state index contributed by atoms with van der Waals surface area (Å²) in [5, 5.41) is 10.3. The predicted octanol–water partition coefficient (Wildman–Crippen LogP) is 3.25. The number of rotatable bonds is 5. The third-order valence-corrected chi connectivity index (χ3v) is 4.03. The summed E-state index contributed by atoms with van der Waals surface area (Å²) in [5.74, 6) is 0. The summed E-state index contributed by atoms with van der Waals surface area (Å²) in [6.45, 7) is 12.7. The van der Waals surface area contributed by atoms with Crippen LogP contribution in [0.25, 0.3) is 11.0 Å². The largest absolute Gasteiger partial charge is 0.422 e. The van der Waals surface area contributed by atoms with Crippen molar-refractivity contribution in [1.82, 2.24) is 4.90 Å². The summed E-state index contributed by atoms with van der Waals surface area (Å²) in [5.41, 5.74) is 3.55. The molecule has 0 fully saturated rings. The molecule has 2 aromatic rings. The number of aryl methyl sites for hydroxylation is 2. The van der Waals surface area contributed by atoms with Gasteiger partial charge in [0.1, 0.15) is 5.58 Å². The van der Waals surface area contributed by atoms with E-state index < -0.39 is 0 Å². The van der Waals surface area contributed by atoms with E-state index in [2.05, 4.69) is 31.7 Å². The first-order valence-corrected chi connectivity index (χ1v) is 8.07. The summed E-state index contributed by atoms with van der Waals surface area (Å²) >= 11 is 0. The highest BCUT2D eigenvalue weighted by molar-refractivity contribution is 5.83. The highest BCUT2D eigenvalue weighted by Gasteiger charge is 2.18. The SMILES string of the molecule is Cc1ccc2c(CN(CCO)CC(C)(C)C)cc(=O)oc2c1C. The summed E-state index contributed by atoms with van der Waals surface area (Å²) in [6.07, 6.45) is 0. The van der Waals surface area contributed by atoms with Crippen molar-refractivity contribution in [2.75, 3.05) is 19.7 Å². The summed E-state index contributed by atoms with van der Waals surface area (Å²) < 4.78 is 5.43. The molecule has 0 saturated carbocycles. The van der Waals surface area contributed by atoms with Crippen LogP contribution in [-0.2, 0) is 6.54 Å². The van der Waals surface area contributed by atoms with E-state index in [4.69, 9.17) is 4.42 Å². The Bertz CT molecular complexity index is 741. The second-order valence-electron chi connectivity index (χ2n) is 7.47. The Morgan fingerprint density at radius 3 is 2.52 bits per heavy atom. The van der Waals surface area contributed by atoms with Crippen molar-refractivity contribution in [1.29, 1.82) is 0 Å². The molecule has 0 aliphatic carbocycles. The summed E-state index contributed by atoms with van der Waals surface area (Å²) in [7, 11) is 0. The summed E-state index contributed by atoms with van der Waals surface area (Å²) in [6, 6.07) is 5.65. The summed E-state index contributed by atoms with van der Waals surface area (Å²) in [4.78, 5) is 14.1. The molecule has 1 aromatic heterocycles. The van der Waals surface area contributed by atoms with Crippen molar-refractivity contribution in [2.24, 2.45) is 5.41 Å². The van der Waals surface area contributed by atoms with Crippen molar-refractivity contribution < 1.29 is 9.52 Å². The Hall–Kier alpha value is -1.65. The molecule has 0 unspecified atom stereocenters. The average Bonchev–Trinajstić information content (AvgIpc) is 2.42. The number of hydrogen-bond acceptors (Lipinski definition) is 4. The van der Waals surface area contributed by atoms with Crippen LogP contribution in [0.1, 0.15) is 37.5 Å². The molecule has 126 valence electrons. The zero-order valence-corrected chi connectivity index (χ0v) is 14.8. The molecule has 0 aliphatic heterocycles. The van der Waals surface area contributed by atoms with Gasteiger partial charge in [0.15, 0.2) is 0 Å². The highest BCUT2D eigenvalue weighted by atomic mass is 16.4. The first-order chi connectivity index (χ1) is 10.7. The molecule has 0 amide bonds. The van der Waals surface area contributed by atoms with Crippen molar-refractivity contribution >= 4 is 11.0 Å². The van der Waals surface area contributed by atoms with Crippen molar-refractivity contribution in [3.8, 4) is 0 Å². The number of aliphatic hydroxyl groups is 1. The molecule has 0 saturated heterocycles. The van der Waals surface area contributed by atoms with Gasteiger partial charge in [-0.25, -0.2) is 4.79 Å². The Morgan fingerprint density at radius 2 is 1.91 bits per heavy atom. The standard InChI is InChI=1S/C19H27NO3/c1-13-6-7-16-15(10-17(22)23-18(16)14(13)2)11-20(8-9-21)12-19(3,4)5/h6-7,10,21H,8-9,11-12H2,1-5H3. The molecular formula is C19H27NO3. The lowest BCUT2D eigenvalue weighted by Crippen LogP contribution is -2.34. The van der Waals surface area contributed by atoms with E-state index in [9.17, 15) is 9.90 Å². The quantitative estimate of drug-likeness (QED) is 0.860. The second-order valence-corrected chi connectivity index (χ2v) is 7.47. The zero-order chi connectivity index (χ0) is 17.2. The van der Waals surface area contributed by atoms with E-state index in [0.717, 1.165) is 28.6 Å². The lowest BCUT2D eigenvalue weighted by atomic mass is 9.95. The van der Waals surface area contributed by atoms with Gasteiger partial charge in [-0.3, -0.25) is 4.90 Å². The molecule has 4 nitrogen and oxygen atoms in total. The molecule has 0 radical (unpaired) electrons. The van der Waals surface area contributed by atoms with E-state index >= 15 is 0 Å². The minimum absolute atomic E-state index is 0.105. The first-order valence-electron chi connectivity index (χ1n) is 8.07. The number of aliphatic hydroxyl groups excluding tert-OH is 1. The molecule has 23 heavy (non-hydrogen) atoms. The normalized spacial score (nSPS) is 12.3.